The van der Waals surface area contributed by atoms with E-state index in [-0.39, 0.29) is 11.7 Å². The van der Waals surface area contributed by atoms with Crippen molar-refractivity contribution in [2.75, 3.05) is 12.4 Å². The smallest absolute Gasteiger partial charge is 0.223 e. The Morgan fingerprint density at radius 2 is 1.86 bits per heavy atom. The molecule has 0 spiro atoms. The van der Waals surface area contributed by atoms with Gasteiger partial charge in [-0.1, -0.05) is 32.9 Å². The maximum absolute atomic E-state index is 13.2. The van der Waals surface area contributed by atoms with Gasteiger partial charge in [-0.05, 0) is 36.6 Å². The van der Waals surface area contributed by atoms with Gasteiger partial charge in [0.1, 0.15) is 5.82 Å². The van der Waals surface area contributed by atoms with Crippen LogP contribution in [-0.2, 0) is 0 Å². The lowest BCUT2D eigenvalue weighted by Crippen LogP contribution is -2.06. The Morgan fingerprint density at radius 1 is 1.18 bits per heavy atom. The summed E-state index contributed by atoms with van der Waals surface area (Å²) in [6.45, 7) is 6.31. The first-order valence-electron chi connectivity index (χ1n) is 7.59. The van der Waals surface area contributed by atoms with Crippen molar-refractivity contribution in [3.05, 3.63) is 47.4 Å². The van der Waals surface area contributed by atoms with Crippen LogP contribution >= 0.6 is 0 Å². The van der Waals surface area contributed by atoms with Gasteiger partial charge in [0.2, 0.25) is 5.95 Å². The van der Waals surface area contributed by atoms with Crippen LogP contribution in [0.1, 0.15) is 44.4 Å². The van der Waals surface area contributed by atoms with Crippen molar-refractivity contribution in [1.82, 2.24) is 9.97 Å². The normalized spacial score (nSPS) is 11.4. The van der Waals surface area contributed by atoms with E-state index in [1.54, 1.807) is 19.2 Å². The summed E-state index contributed by atoms with van der Waals surface area (Å²) < 4.78 is 13.2. The number of halogens is 1. The van der Waals surface area contributed by atoms with E-state index in [2.05, 4.69) is 48.2 Å². The van der Waals surface area contributed by atoms with Crippen LogP contribution in [0.4, 0.5) is 10.3 Å². The minimum Gasteiger partial charge on any atom is -0.357 e. The Bertz CT molecular complexity index is 661. The lowest BCUT2D eigenvalue weighted by atomic mass is 9.98. The third-order valence-electron chi connectivity index (χ3n) is 3.38. The topological polar surface area (TPSA) is 37.8 Å². The molecule has 0 fully saturated rings. The van der Waals surface area contributed by atoms with Crippen LogP contribution in [0.15, 0.2) is 30.3 Å². The fraction of sp³-hybridized carbons (Fsp3) is 0.333. The zero-order valence-electron chi connectivity index (χ0n) is 13.5. The Morgan fingerprint density at radius 3 is 2.41 bits per heavy atom. The molecule has 1 aromatic heterocycles. The van der Waals surface area contributed by atoms with E-state index in [0.717, 1.165) is 28.9 Å². The number of nitrogens with zero attached hydrogens (tertiary/aromatic N) is 2. The molecule has 2 rings (SSSR count). The lowest BCUT2D eigenvalue weighted by Gasteiger charge is -2.15. The van der Waals surface area contributed by atoms with Crippen LogP contribution in [0, 0.1) is 5.82 Å². The summed E-state index contributed by atoms with van der Waals surface area (Å²) in [5.74, 6) is 0.601. The molecule has 3 nitrogen and oxygen atoms in total. The largest absolute Gasteiger partial charge is 0.357 e. The first kappa shape index (κ1) is 16.1. The molecule has 0 bridgehead atoms. The molecule has 1 aromatic carbocycles. The number of rotatable bonds is 5. The third kappa shape index (κ3) is 3.50. The Balaban J connectivity index is 2.70. The van der Waals surface area contributed by atoms with Gasteiger partial charge in [0.05, 0.1) is 11.4 Å². The fourth-order valence-corrected chi connectivity index (χ4v) is 2.27. The molecule has 0 aliphatic rings. The highest BCUT2D eigenvalue weighted by Gasteiger charge is 2.16. The SMILES string of the molecule is CC/C=C/c1c(-c2ccc(F)cc2)nc(NC)nc1C(C)C. The molecule has 0 aliphatic heterocycles. The molecule has 2 aromatic rings. The monoisotopic (exact) mass is 299 g/mol. The number of nitrogens with one attached hydrogen (secondary N) is 1. The van der Waals surface area contributed by atoms with Crippen LogP contribution in [0.5, 0.6) is 0 Å². The van der Waals surface area contributed by atoms with Crippen LogP contribution < -0.4 is 5.32 Å². The minimum atomic E-state index is -0.249. The minimum absolute atomic E-state index is 0.249. The first-order valence-corrected chi connectivity index (χ1v) is 7.59. The molecule has 22 heavy (non-hydrogen) atoms. The van der Waals surface area contributed by atoms with E-state index >= 15 is 0 Å². The van der Waals surface area contributed by atoms with Crippen molar-refractivity contribution >= 4 is 12.0 Å². The summed E-state index contributed by atoms with van der Waals surface area (Å²) in [6, 6.07) is 6.42. The van der Waals surface area contributed by atoms with E-state index in [4.69, 9.17) is 0 Å². The lowest BCUT2D eigenvalue weighted by molar-refractivity contribution is 0.628. The number of benzene rings is 1. The highest BCUT2D eigenvalue weighted by Crippen LogP contribution is 2.30. The van der Waals surface area contributed by atoms with Crippen molar-refractivity contribution in [3.63, 3.8) is 0 Å². The summed E-state index contributed by atoms with van der Waals surface area (Å²) in [7, 11) is 1.80. The third-order valence-corrected chi connectivity index (χ3v) is 3.38. The van der Waals surface area contributed by atoms with Gasteiger partial charge < -0.3 is 5.32 Å². The number of hydrogen-bond acceptors (Lipinski definition) is 3. The molecule has 0 aliphatic carbocycles. The molecule has 0 saturated heterocycles. The van der Waals surface area contributed by atoms with Gasteiger partial charge in [0.15, 0.2) is 0 Å². The predicted molar refractivity (Wildman–Crippen MR) is 90.4 cm³/mol. The fourth-order valence-electron chi connectivity index (χ4n) is 2.27. The molecular weight excluding hydrogens is 277 g/mol. The summed E-state index contributed by atoms with van der Waals surface area (Å²) in [4.78, 5) is 9.19. The highest BCUT2D eigenvalue weighted by atomic mass is 19.1. The Kier molecular flexibility index (Phi) is 5.26. The van der Waals surface area contributed by atoms with Crippen molar-refractivity contribution in [2.24, 2.45) is 0 Å². The van der Waals surface area contributed by atoms with E-state index in [0.29, 0.717) is 5.95 Å². The van der Waals surface area contributed by atoms with Gasteiger partial charge in [-0.2, -0.15) is 0 Å². The first-order chi connectivity index (χ1) is 10.6. The average Bonchev–Trinajstić information content (AvgIpc) is 2.52. The van der Waals surface area contributed by atoms with E-state index in [1.807, 2.05) is 0 Å². The summed E-state index contributed by atoms with van der Waals surface area (Å²) in [5, 5.41) is 3.01. The Hall–Kier alpha value is -2.23. The van der Waals surface area contributed by atoms with Gasteiger partial charge in [0.25, 0.3) is 0 Å². The molecule has 0 saturated carbocycles. The van der Waals surface area contributed by atoms with Crippen LogP contribution in [0.3, 0.4) is 0 Å². The molecule has 0 amide bonds. The second-order valence-corrected chi connectivity index (χ2v) is 5.42. The standard InChI is InChI=1S/C18H22FN3/c1-5-6-7-15-16(12(2)3)21-18(20-4)22-17(15)13-8-10-14(19)11-9-13/h6-12H,5H2,1-4H3,(H,20,21,22)/b7-6+. The molecule has 0 atom stereocenters. The molecule has 116 valence electrons. The van der Waals surface area contributed by atoms with Crippen LogP contribution in [0.2, 0.25) is 0 Å². The van der Waals surface area contributed by atoms with E-state index < -0.39 is 0 Å². The quantitative estimate of drug-likeness (QED) is 0.855. The predicted octanol–water partition coefficient (Wildman–Crippen LogP) is 4.87. The van der Waals surface area contributed by atoms with Gasteiger partial charge >= 0.3 is 0 Å². The van der Waals surface area contributed by atoms with Crippen LogP contribution in [0.25, 0.3) is 17.3 Å². The highest BCUT2D eigenvalue weighted by molar-refractivity contribution is 5.74. The second kappa shape index (κ2) is 7.16. The van der Waals surface area contributed by atoms with Gasteiger partial charge in [-0.3, -0.25) is 0 Å². The molecule has 1 N–H and O–H groups in total. The maximum Gasteiger partial charge on any atom is 0.223 e. The second-order valence-electron chi connectivity index (χ2n) is 5.42. The average molecular weight is 299 g/mol. The Labute approximate surface area is 131 Å². The number of anilines is 1. The molecule has 1 heterocycles. The zero-order valence-corrected chi connectivity index (χ0v) is 13.5. The number of allylic oxidation sites excluding steroid dienone is 1. The van der Waals surface area contributed by atoms with Gasteiger partial charge in [-0.15, -0.1) is 0 Å². The number of hydrogen-bond donors (Lipinski definition) is 1. The summed E-state index contributed by atoms with van der Waals surface area (Å²) >= 11 is 0. The van der Waals surface area contributed by atoms with Gasteiger partial charge in [-0.25, -0.2) is 14.4 Å². The van der Waals surface area contributed by atoms with Crippen molar-refractivity contribution < 1.29 is 4.39 Å². The molecular formula is C18H22FN3. The van der Waals surface area contributed by atoms with Crippen molar-refractivity contribution in [1.29, 1.82) is 0 Å². The maximum atomic E-state index is 13.2. The zero-order chi connectivity index (χ0) is 16.1. The van der Waals surface area contributed by atoms with Crippen molar-refractivity contribution in [2.45, 2.75) is 33.1 Å². The molecule has 4 heteroatoms. The molecule has 0 radical (unpaired) electrons. The van der Waals surface area contributed by atoms with Crippen LogP contribution in [-0.4, -0.2) is 17.0 Å². The van der Waals surface area contributed by atoms with E-state index in [1.165, 1.54) is 12.1 Å². The summed E-state index contributed by atoms with van der Waals surface area (Å²) in [6.07, 6.45) is 5.10. The van der Waals surface area contributed by atoms with Gasteiger partial charge in [0, 0.05) is 18.2 Å². The molecule has 0 unspecified atom stereocenters. The van der Waals surface area contributed by atoms with Crippen molar-refractivity contribution in [3.8, 4) is 11.3 Å². The summed E-state index contributed by atoms with van der Waals surface area (Å²) in [5.41, 5.74) is 3.71. The number of aromatic nitrogens is 2. The van der Waals surface area contributed by atoms with E-state index in [9.17, 15) is 4.39 Å².